The topological polar surface area (TPSA) is 159 Å². The molecule has 4 atom stereocenters. The number of aliphatic hydroxyl groups is 6. The zero-order valence-corrected chi connectivity index (χ0v) is 12.1. The fraction of sp³-hybridized carbons (Fsp3) is 0.923. The fourth-order valence-corrected chi connectivity index (χ4v) is 2.55. The van der Waals surface area contributed by atoms with E-state index in [9.17, 15) is 25.2 Å². The van der Waals surface area contributed by atoms with Crippen molar-refractivity contribution in [3.05, 3.63) is 0 Å². The second kappa shape index (κ2) is 9.29. The predicted octanol–water partition coefficient (Wildman–Crippen LogP) is -2.08. The van der Waals surface area contributed by atoms with Crippen LogP contribution in [0.5, 0.6) is 0 Å². The van der Waals surface area contributed by atoms with Crippen LogP contribution < -0.4 is 0 Å². The summed E-state index contributed by atoms with van der Waals surface area (Å²) in [6.45, 7) is -0.300. The van der Waals surface area contributed by atoms with E-state index < -0.39 is 55.4 Å². The van der Waals surface area contributed by atoms with Gasteiger partial charge in [0.15, 0.2) is 0 Å². The minimum absolute atomic E-state index is 0.0565. The van der Waals surface area contributed by atoms with E-state index in [4.69, 9.17) is 15.3 Å². The molecule has 0 radical (unpaired) electrons. The van der Waals surface area contributed by atoms with E-state index >= 15 is 0 Å². The standard InChI is InChI=1S/C13H26O8/c1-8(2-9(17)5-14)13(12(20)21,3-10(18)6-15)4-11(19)7-16/h8-11,14-19H,2-7H2,1H3,(H,20,21). The highest BCUT2D eigenvalue weighted by Gasteiger charge is 2.46. The molecule has 0 amide bonds. The van der Waals surface area contributed by atoms with E-state index in [0.29, 0.717) is 0 Å². The number of aliphatic hydroxyl groups excluding tert-OH is 6. The van der Waals surface area contributed by atoms with Crippen LogP contribution in [-0.4, -0.2) is 79.8 Å². The van der Waals surface area contributed by atoms with Crippen LogP contribution in [0, 0.1) is 11.3 Å². The van der Waals surface area contributed by atoms with Gasteiger partial charge in [0.2, 0.25) is 0 Å². The molecule has 4 unspecified atom stereocenters. The Balaban J connectivity index is 5.38. The second-order valence-electron chi connectivity index (χ2n) is 5.52. The Morgan fingerprint density at radius 2 is 1.29 bits per heavy atom. The Kier molecular flexibility index (Phi) is 8.95. The van der Waals surface area contributed by atoms with Gasteiger partial charge in [-0.15, -0.1) is 0 Å². The number of aliphatic carboxylic acids is 1. The highest BCUT2D eigenvalue weighted by atomic mass is 16.4. The molecule has 0 saturated carbocycles. The zero-order valence-electron chi connectivity index (χ0n) is 12.1. The third-order valence-electron chi connectivity index (χ3n) is 3.83. The number of carbonyl (C=O) groups is 1. The SMILES string of the molecule is CC(CC(O)CO)C(CC(O)CO)(CC(O)CO)C(=O)O. The molecule has 0 aliphatic heterocycles. The van der Waals surface area contributed by atoms with Crippen LogP contribution >= 0.6 is 0 Å². The molecule has 0 fully saturated rings. The zero-order chi connectivity index (χ0) is 16.6. The first-order valence-corrected chi connectivity index (χ1v) is 6.83. The molecule has 0 rings (SSSR count). The van der Waals surface area contributed by atoms with E-state index in [0.717, 1.165) is 0 Å². The van der Waals surface area contributed by atoms with Gasteiger partial charge in [-0.1, -0.05) is 6.92 Å². The highest BCUT2D eigenvalue weighted by molar-refractivity contribution is 5.75. The van der Waals surface area contributed by atoms with E-state index in [1.54, 1.807) is 0 Å². The largest absolute Gasteiger partial charge is 0.481 e. The molecule has 8 nitrogen and oxygen atoms in total. The summed E-state index contributed by atoms with van der Waals surface area (Å²) < 4.78 is 0. The van der Waals surface area contributed by atoms with E-state index in [1.807, 2.05) is 0 Å². The molecule has 0 aromatic heterocycles. The van der Waals surface area contributed by atoms with Crippen molar-refractivity contribution in [3.8, 4) is 0 Å². The van der Waals surface area contributed by atoms with Gasteiger partial charge in [0.05, 0.1) is 43.5 Å². The summed E-state index contributed by atoms with van der Waals surface area (Å²) in [5.41, 5.74) is -1.64. The number of hydrogen-bond donors (Lipinski definition) is 7. The van der Waals surface area contributed by atoms with Gasteiger partial charge in [-0.25, -0.2) is 0 Å². The van der Waals surface area contributed by atoms with Crippen molar-refractivity contribution in [2.75, 3.05) is 19.8 Å². The first-order valence-electron chi connectivity index (χ1n) is 6.83. The molecule has 0 aromatic carbocycles. The lowest BCUT2D eigenvalue weighted by molar-refractivity contribution is -0.160. The molecule has 0 saturated heterocycles. The number of hydrogen-bond acceptors (Lipinski definition) is 7. The van der Waals surface area contributed by atoms with Crippen LogP contribution in [0.4, 0.5) is 0 Å². The Labute approximate surface area is 123 Å². The van der Waals surface area contributed by atoms with Crippen molar-refractivity contribution >= 4 is 5.97 Å². The molecule has 0 heterocycles. The van der Waals surface area contributed by atoms with Crippen molar-refractivity contribution in [1.82, 2.24) is 0 Å². The normalized spacial score (nSPS) is 20.3. The van der Waals surface area contributed by atoms with E-state index in [-0.39, 0.29) is 19.3 Å². The number of carboxylic acid groups (broad SMARTS) is 1. The minimum atomic E-state index is -1.64. The Hall–Kier alpha value is -0.770. The van der Waals surface area contributed by atoms with E-state index in [1.165, 1.54) is 6.92 Å². The predicted molar refractivity (Wildman–Crippen MR) is 72.4 cm³/mol. The Bertz CT molecular complexity index is 297. The van der Waals surface area contributed by atoms with Crippen LogP contribution in [0.3, 0.4) is 0 Å². The molecular formula is C13H26O8. The average molecular weight is 310 g/mol. The average Bonchev–Trinajstić information content (AvgIpc) is 2.45. The molecule has 126 valence electrons. The lowest BCUT2D eigenvalue weighted by Crippen LogP contribution is -2.45. The van der Waals surface area contributed by atoms with E-state index in [2.05, 4.69) is 0 Å². The Morgan fingerprint density at radius 1 is 0.905 bits per heavy atom. The molecule has 7 N–H and O–H groups in total. The maximum Gasteiger partial charge on any atom is 0.310 e. The molecule has 8 heteroatoms. The summed E-state index contributed by atoms with van der Waals surface area (Å²) in [6, 6.07) is 0. The second-order valence-corrected chi connectivity index (χ2v) is 5.52. The van der Waals surface area contributed by atoms with Gasteiger partial charge >= 0.3 is 5.97 Å². The maximum absolute atomic E-state index is 11.7. The summed E-state index contributed by atoms with van der Waals surface area (Å²) in [6.07, 6.45) is -4.47. The third kappa shape index (κ3) is 5.85. The van der Waals surface area contributed by atoms with Crippen LogP contribution in [-0.2, 0) is 4.79 Å². The van der Waals surface area contributed by atoms with Gasteiger partial charge in [0.1, 0.15) is 0 Å². The molecular weight excluding hydrogens is 284 g/mol. The first kappa shape index (κ1) is 20.2. The van der Waals surface area contributed by atoms with Gasteiger partial charge in [-0.3, -0.25) is 4.79 Å². The first-order chi connectivity index (χ1) is 9.73. The Morgan fingerprint density at radius 3 is 1.57 bits per heavy atom. The molecule has 0 bridgehead atoms. The number of carboxylic acids is 1. The molecule has 0 aliphatic carbocycles. The highest BCUT2D eigenvalue weighted by Crippen LogP contribution is 2.40. The van der Waals surface area contributed by atoms with Crippen molar-refractivity contribution in [2.45, 2.75) is 44.5 Å². The maximum atomic E-state index is 11.7. The summed E-state index contributed by atoms with van der Waals surface area (Å²) in [5, 5.41) is 65.0. The monoisotopic (exact) mass is 310 g/mol. The minimum Gasteiger partial charge on any atom is -0.481 e. The molecule has 0 aliphatic rings. The van der Waals surface area contributed by atoms with Gasteiger partial charge in [-0.05, 0) is 25.2 Å². The van der Waals surface area contributed by atoms with Gasteiger partial charge in [-0.2, -0.15) is 0 Å². The summed E-state index contributed by atoms with van der Waals surface area (Å²) in [7, 11) is 0. The molecule has 0 aromatic rings. The van der Waals surface area contributed by atoms with Crippen molar-refractivity contribution in [3.63, 3.8) is 0 Å². The number of rotatable bonds is 11. The van der Waals surface area contributed by atoms with Crippen LogP contribution in [0.25, 0.3) is 0 Å². The molecule has 0 spiro atoms. The van der Waals surface area contributed by atoms with Gasteiger partial charge < -0.3 is 35.7 Å². The van der Waals surface area contributed by atoms with Crippen LogP contribution in [0.1, 0.15) is 26.2 Å². The quantitative estimate of drug-likeness (QED) is 0.229. The van der Waals surface area contributed by atoms with Gasteiger partial charge in [0.25, 0.3) is 0 Å². The summed E-state index contributed by atoms with van der Waals surface area (Å²) in [4.78, 5) is 11.7. The fourth-order valence-electron chi connectivity index (χ4n) is 2.55. The van der Waals surface area contributed by atoms with Crippen molar-refractivity contribution in [1.29, 1.82) is 0 Å². The third-order valence-corrected chi connectivity index (χ3v) is 3.83. The summed E-state index contributed by atoms with van der Waals surface area (Å²) >= 11 is 0. The lowest BCUT2D eigenvalue weighted by atomic mass is 9.67. The van der Waals surface area contributed by atoms with Gasteiger partial charge in [0, 0.05) is 0 Å². The van der Waals surface area contributed by atoms with Crippen LogP contribution in [0.15, 0.2) is 0 Å². The van der Waals surface area contributed by atoms with Crippen molar-refractivity contribution < 1.29 is 40.5 Å². The summed E-state index contributed by atoms with van der Waals surface area (Å²) in [5.74, 6) is -2.01. The van der Waals surface area contributed by atoms with Crippen LogP contribution in [0.2, 0.25) is 0 Å². The van der Waals surface area contributed by atoms with Crippen molar-refractivity contribution in [2.24, 2.45) is 11.3 Å². The smallest absolute Gasteiger partial charge is 0.310 e. The molecule has 21 heavy (non-hydrogen) atoms. The lowest BCUT2D eigenvalue weighted by Gasteiger charge is -2.38.